The van der Waals surface area contributed by atoms with Gasteiger partial charge in [-0.2, -0.15) is 0 Å². The van der Waals surface area contributed by atoms with Gasteiger partial charge in [-0.15, -0.1) is 0 Å². The number of rotatable bonds is 6. The monoisotopic (exact) mass is 458 g/mol. The number of benzene rings is 2. The van der Waals surface area contributed by atoms with Crippen molar-refractivity contribution in [3.05, 3.63) is 58.3 Å². The van der Waals surface area contributed by atoms with Crippen molar-refractivity contribution < 1.29 is 27.1 Å². The van der Waals surface area contributed by atoms with E-state index in [1.807, 2.05) is 0 Å². The lowest BCUT2D eigenvalue weighted by molar-refractivity contribution is -0.123. The van der Waals surface area contributed by atoms with E-state index in [0.29, 0.717) is 4.47 Å². The summed E-state index contributed by atoms with van der Waals surface area (Å²) in [6.07, 6.45) is -0.224. The van der Waals surface area contributed by atoms with E-state index >= 15 is 0 Å². The lowest BCUT2D eigenvalue weighted by atomic mass is 10.2. The van der Waals surface area contributed by atoms with Gasteiger partial charge in [0.25, 0.3) is 5.91 Å². The number of hydrogen-bond acceptors (Lipinski definition) is 5. The van der Waals surface area contributed by atoms with Gasteiger partial charge in [-0.25, -0.2) is 17.6 Å². The molecule has 0 saturated heterocycles. The zero-order valence-electron chi connectivity index (χ0n) is 14.3. The molecule has 7 nitrogen and oxygen atoms in total. The summed E-state index contributed by atoms with van der Waals surface area (Å²) in [6, 6.07) is 9.72. The molecule has 2 aromatic carbocycles. The number of nitrogens with one attached hydrogen (secondary N) is 2. The Hall–Kier alpha value is -2.46. The Morgan fingerprint density at radius 1 is 1.19 bits per heavy atom. The Kier molecular flexibility index (Phi) is 6.55. The minimum Gasteiger partial charge on any atom is -0.449 e. The minimum absolute atomic E-state index is 0.0505. The third-order valence-electron chi connectivity index (χ3n) is 3.24. The van der Waals surface area contributed by atoms with Gasteiger partial charge in [0.1, 0.15) is 5.82 Å². The van der Waals surface area contributed by atoms with Crippen molar-refractivity contribution in [1.82, 2.24) is 0 Å². The van der Waals surface area contributed by atoms with Gasteiger partial charge in [0, 0.05) is 10.2 Å². The highest BCUT2D eigenvalue weighted by Gasteiger charge is 2.20. The third kappa shape index (κ3) is 6.33. The second-order valence-electron chi connectivity index (χ2n) is 5.62. The molecule has 27 heavy (non-hydrogen) atoms. The lowest BCUT2D eigenvalue weighted by Gasteiger charge is -2.14. The van der Waals surface area contributed by atoms with E-state index in [0.717, 1.165) is 6.26 Å². The molecule has 10 heteroatoms. The summed E-state index contributed by atoms with van der Waals surface area (Å²) in [4.78, 5) is 24.3. The quantitative estimate of drug-likeness (QED) is 0.647. The van der Waals surface area contributed by atoms with E-state index in [-0.39, 0.29) is 16.9 Å². The van der Waals surface area contributed by atoms with E-state index in [9.17, 15) is 22.4 Å². The van der Waals surface area contributed by atoms with E-state index < -0.39 is 33.8 Å². The highest BCUT2D eigenvalue weighted by molar-refractivity contribution is 9.10. The molecular weight excluding hydrogens is 443 g/mol. The van der Waals surface area contributed by atoms with Crippen molar-refractivity contribution in [1.29, 1.82) is 0 Å². The van der Waals surface area contributed by atoms with Gasteiger partial charge in [0.05, 0.1) is 17.5 Å². The maximum absolute atomic E-state index is 13.8. The molecule has 1 atom stereocenters. The molecule has 1 amide bonds. The summed E-state index contributed by atoms with van der Waals surface area (Å²) in [5.41, 5.74) is 0.185. The fourth-order valence-corrected chi connectivity index (χ4v) is 2.92. The molecule has 1 unspecified atom stereocenters. The molecule has 144 valence electrons. The number of amides is 1. The van der Waals surface area contributed by atoms with Crippen molar-refractivity contribution in [3.8, 4) is 0 Å². The lowest BCUT2D eigenvalue weighted by Crippen LogP contribution is -2.30. The first-order chi connectivity index (χ1) is 12.5. The fourth-order valence-electron chi connectivity index (χ4n) is 2.03. The third-order valence-corrected chi connectivity index (χ3v) is 4.34. The molecule has 0 aliphatic heterocycles. The average Bonchev–Trinajstić information content (AvgIpc) is 2.55. The van der Waals surface area contributed by atoms with Crippen molar-refractivity contribution >= 4 is 49.2 Å². The van der Waals surface area contributed by atoms with Crippen LogP contribution in [-0.2, 0) is 19.6 Å². The molecule has 0 bridgehead atoms. The number of carbonyl (C=O) groups is 2. The van der Waals surface area contributed by atoms with Gasteiger partial charge in [-0.05, 0) is 43.3 Å². The Morgan fingerprint density at radius 3 is 2.52 bits per heavy atom. The number of sulfonamides is 1. The van der Waals surface area contributed by atoms with Crippen LogP contribution in [0.1, 0.15) is 17.3 Å². The van der Waals surface area contributed by atoms with Crippen LogP contribution in [-0.4, -0.2) is 32.7 Å². The van der Waals surface area contributed by atoms with Gasteiger partial charge >= 0.3 is 5.97 Å². The molecular formula is C17H16BrFN2O5S. The van der Waals surface area contributed by atoms with E-state index in [1.54, 1.807) is 6.07 Å². The molecule has 2 rings (SSSR count). The predicted molar refractivity (Wildman–Crippen MR) is 103 cm³/mol. The maximum Gasteiger partial charge on any atom is 0.338 e. The second kappa shape index (κ2) is 8.49. The van der Waals surface area contributed by atoms with Crippen molar-refractivity contribution in [2.24, 2.45) is 0 Å². The van der Waals surface area contributed by atoms with Gasteiger partial charge < -0.3 is 10.1 Å². The highest BCUT2D eigenvalue weighted by Crippen LogP contribution is 2.20. The molecule has 2 aromatic rings. The van der Waals surface area contributed by atoms with Gasteiger partial charge in [0.15, 0.2) is 6.10 Å². The van der Waals surface area contributed by atoms with Crippen LogP contribution >= 0.6 is 15.9 Å². The molecule has 0 saturated carbocycles. The highest BCUT2D eigenvalue weighted by atomic mass is 79.9. The van der Waals surface area contributed by atoms with Crippen LogP contribution in [0.2, 0.25) is 0 Å². The summed E-state index contributed by atoms with van der Waals surface area (Å²) in [7, 11) is -3.50. The summed E-state index contributed by atoms with van der Waals surface area (Å²) < 4.78 is 44.1. The zero-order valence-corrected chi connectivity index (χ0v) is 16.7. The first-order valence-corrected chi connectivity index (χ1v) is 10.3. The Labute approximate surface area is 164 Å². The van der Waals surface area contributed by atoms with Crippen molar-refractivity contribution in [2.45, 2.75) is 13.0 Å². The number of hydrogen-bond donors (Lipinski definition) is 2. The molecule has 0 spiro atoms. The van der Waals surface area contributed by atoms with E-state index in [4.69, 9.17) is 4.74 Å². The van der Waals surface area contributed by atoms with Gasteiger partial charge in [0.2, 0.25) is 10.0 Å². The van der Waals surface area contributed by atoms with Gasteiger partial charge in [-0.3, -0.25) is 9.52 Å². The molecule has 0 aromatic heterocycles. The SMILES string of the molecule is CC(OC(=O)c1cccc(NS(C)(=O)=O)c1)C(=O)Nc1ccc(Br)cc1F. The summed E-state index contributed by atoms with van der Waals surface area (Å²) in [5, 5.41) is 2.33. The summed E-state index contributed by atoms with van der Waals surface area (Å²) in [6.45, 7) is 1.34. The second-order valence-corrected chi connectivity index (χ2v) is 8.28. The average molecular weight is 459 g/mol. The summed E-state index contributed by atoms with van der Waals surface area (Å²) in [5.74, 6) is -2.18. The molecule has 0 radical (unpaired) electrons. The zero-order chi connectivity index (χ0) is 20.2. The molecule has 0 aliphatic carbocycles. The number of carbonyl (C=O) groups excluding carboxylic acids is 2. The van der Waals surface area contributed by atoms with Crippen LogP contribution < -0.4 is 10.0 Å². The van der Waals surface area contributed by atoms with Crippen LogP contribution in [0, 0.1) is 5.82 Å². The van der Waals surface area contributed by atoms with Gasteiger partial charge in [-0.1, -0.05) is 22.0 Å². The topological polar surface area (TPSA) is 102 Å². The normalized spacial score (nSPS) is 12.1. The molecule has 2 N–H and O–H groups in total. The Bertz CT molecular complexity index is 981. The number of halogens is 2. The van der Waals surface area contributed by atoms with Crippen LogP contribution in [0.3, 0.4) is 0 Å². The number of ether oxygens (including phenoxy) is 1. The standard InChI is InChI=1S/C17H16BrFN2O5S/c1-10(16(22)20-15-7-6-12(18)9-14(15)19)26-17(23)11-4-3-5-13(8-11)21-27(2,24)25/h3-10,21H,1-2H3,(H,20,22). The molecule has 0 heterocycles. The van der Waals surface area contributed by atoms with Crippen LogP contribution in [0.25, 0.3) is 0 Å². The van der Waals surface area contributed by atoms with E-state index in [1.165, 1.54) is 43.3 Å². The predicted octanol–water partition coefficient (Wildman–Crippen LogP) is 3.14. The fraction of sp³-hybridized carbons (Fsp3) is 0.176. The summed E-state index contributed by atoms with van der Waals surface area (Å²) >= 11 is 3.11. The van der Waals surface area contributed by atoms with Crippen molar-refractivity contribution in [3.63, 3.8) is 0 Å². The molecule has 0 aliphatic rings. The first-order valence-electron chi connectivity index (χ1n) is 7.60. The van der Waals surface area contributed by atoms with Crippen molar-refractivity contribution in [2.75, 3.05) is 16.3 Å². The van der Waals surface area contributed by atoms with Crippen LogP contribution in [0.15, 0.2) is 46.9 Å². The molecule has 0 fully saturated rings. The van der Waals surface area contributed by atoms with E-state index in [2.05, 4.69) is 26.0 Å². The smallest absolute Gasteiger partial charge is 0.338 e. The minimum atomic E-state index is -3.50. The largest absolute Gasteiger partial charge is 0.449 e. The Morgan fingerprint density at radius 2 is 1.89 bits per heavy atom. The first kappa shape index (κ1) is 20.8. The maximum atomic E-state index is 13.8. The number of esters is 1. The number of anilines is 2. The Balaban J connectivity index is 2.04. The van der Waals surface area contributed by atoms with Crippen LogP contribution in [0.4, 0.5) is 15.8 Å². The van der Waals surface area contributed by atoms with Crippen LogP contribution in [0.5, 0.6) is 0 Å².